The maximum absolute atomic E-state index is 14.1. The number of aliphatic hydroxyl groups is 1. The van der Waals surface area contributed by atoms with Gasteiger partial charge < -0.3 is 25.4 Å². The minimum atomic E-state index is -4.05. The van der Waals surface area contributed by atoms with Gasteiger partial charge in [0.25, 0.3) is 0 Å². The van der Waals surface area contributed by atoms with Gasteiger partial charge in [-0.15, -0.1) is 11.3 Å². The number of likely N-dealkylation sites (tertiary alicyclic amines) is 1. The summed E-state index contributed by atoms with van der Waals surface area (Å²) in [5.74, 6) is 0.226. The first-order valence-corrected chi connectivity index (χ1v) is 18.5. The molecule has 0 radical (unpaired) electrons. The molecule has 2 amide bonds. The molecule has 1 saturated heterocycles. The van der Waals surface area contributed by atoms with Gasteiger partial charge in [0.1, 0.15) is 12.4 Å². The number of hydrogen-bond donors (Lipinski definition) is 3. The highest BCUT2D eigenvalue weighted by Gasteiger charge is 2.35. The third-order valence-corrected chi connectivity index (χ3v) is 11.2. The number of sulfonamides is 1. The van der Waals surface area contributed by atoms with E-state index < -0.39 is 28.3 Å². The highest BCUT2D eigenvalue weighted by Crippen LogP contribution is 2.30. The topological polar surface area (TPSA) is 154 Å². The van der Waals surface area contributed by atoms with E-state index in [1.54, 1.807) is 29.9 Å². The lowest BCUT2D eigenvalue weighted by atomic mass is 9.96. The molecule has 0 spiro atoms. The van der Waals surface area contributed by atoms with Crippen LogP contribution in [0.1, 0.15) is 43.6 Å². The van der Waals surface area contributed by atoms with Gasteiger partial charge in [-0.2, -0.15) is 4.31 Å². The second-order valence-corrected chi connectivity index (χ2v) is 15.8. The molecule has 2 aromatic rings. The van der Waals surface area contributed by atoms with E-state index in [2.05, 4.69) is 25.5 Å². The van der Waals surface area contributed by atoms with Gasteiger partial charge in [0.05, 0.1) is 33.2 Å². The highest BCUT2D eigenvalue weighted by molar-refractivity contribution is 7.93. The van der Waals surface area contributed by atoms with Crippen molar-refractivity contribution in [3.8, 4) is 0 Å². The second-order valence-electron chi connectivity index (χ2n) is 12.9. The first kappa shape index (κ1) is 35.6. The van der Waals surface area contributed by atoms with Crippen molar-refractivity contribution in [3.05, 3.63) is 87.0 Å². The molecule has 14 heteroatoms. The van der Waals surface area contributed by atoms with Crippen molar-refractivity contribution >= 4 is 39.1 Å². The van der Waals surface area contributed by atoms with Gasteiger partial charge in [-0.25, -0.2) is 18.2 Å². The molecule has 12 nitrogen and oxygen atoms in total. The molecule has 1 aromatic carbocycles. The Hall–Kier alpha value is -3.69. The van der Waals surface area contributed by atoms with Crippen molar-refractivity contribution < 1.29 is 27.9 Å². The Morgan fingerprint density at radius 1 is 1.15 bits per heavy atom. The number of allylic oxidation sites excluding steroid dienone is 5. The normalized spacial score (nSPS) is 18.4. The summed E-state index contributed by atoms with van der Waals surface area (Å²) < 4.78 is 34.9. The van der Waals surface area contributed by atoms with E-state index >= 15 is 0 Å². The Kier molecular flexibility index (Phi) is 12.0. The van der Waals surface area contributed by atoms with Crippen LogP contribution < -0.4 is 10.6 Å². The lowest BCUT2D eigenvalue weighted by molar-refractivity contribution is -0.125. The maximum atomic E-state index is 14.1. The van der Waals surface area contributed by atoms with Gasteiger partial charge in [-0.05, 0) is 63.0 Å². The lowest BCUT2D eigenvalue weighted by Crippen LogP contribution is -2.51. The largest absolute Gasteiger partial charge is 0.444 e. The zero-order chi connectivity index (χ0) is 34.3. The minimum Gasteiger partial charge on any atom is -0.444 e. The molecule has 2 unspecified atom stereocenters. The maximum Gasteiger partial charge on any atom is 0.407 e. The Bertz CT molecular complexity index is 1660. The summed E-state index contributed by atoms with van der Waals surface area (Å²) >= 11 is 1.36. The molecular weight excluding hydrogens is 653 g/mol. The minimum absolute atomic E-state index is 0.0322. The number of benzene rings is 1. The van der Waals surface area contributed by atoms with Gasteiger partial charge in [-0.3, -0.25) is 9.78 Å². The van der Waals surface area contributed by atoms with Gasteiger partial charge >= 0.3 is 6.09 Å². The molecule has 5 rings (SSSR count). The van der Waals surface area contributed by atoms with Crippen LogP contribution in [0.5, 0.6) is 0 Å². The van der Waals surface area contributed by atoms with Crippen LogP contribution in [0.15, 0.2) is 81.6 Å². The number of carbonyl (C=O) groups excluding carboxylic acids is 2. The molecule has 1 aromatic heterocycles. The number of nitrogens with one attached hydrogen (secondary N) is 2. The van der Waals surface area contributed by atoms with Crippen LogP contribution >= 0.6 is 11.3 Å². The second kappa shape index (κ2) is 16.1. The number of nitrogens with zero attached hydrogens (tertiary/aromatic N) is 4. The molecule has 1 aliphatic carbocycles. The average molecular weight is 697 g/mol. The van der Waals surface area contributed by atoms with Crippen LogP contribution in [0.3, 0.4) is 0 Å². The Morgan fingerprint density at radius 2 is 1.90 bits per heavy atom. The van der Waals surface area contributed by atoms with Gasteiger partial charge in [0.2, 0.25) is 15.9 Å². The third-order valence-electron chi connectivity index (χ3n) is 8.54. The summed E-state index contributed by atoms with van der Waals surface area (Å²) in [7, 11) is -2.00. The fourth-order valence-electron chi connectivity index (χ4n) is 5.88. The van der Waals surface area contributed by atoms with Crippen LogP contribution in [-0.4, -0.2) is 90.8 Å². The number of carbonyl (C=O) groups is 2. The zero-order valence-electron chi connectivity index (χ0n) is 27.5. The lowest BCUT2D eigenvalue weighted by Gasteiger charge is -2.31. The first-order valence-electron chi connectivity index (χ1n) is 16.2. The number of thiazole rings is 1. The number of aromatic nitrogens is 1. The van der Waals surface area contributed by atoms with Crippen LogP contribution in [0.25, 0.3) is 0 Å². The quantitative estimate of drug-likeness (QED) is 0.271. The average Bonchev–Trinajstić information content (AvgIpc) is 3.73. The predicted molar refractivity (Wildman–Crippen MR) is 185 cm³/mol. The molecule has 48 heavy (non-hydrogen) atoms. The van der Waals surface area contributed by atoms with E-state index in [1.807, 2.05) is 51.2 Å². The molecular formula is C34H44N6O6S2. The van der Waals surface area contributed by atoms with Crippen molar-refractivity contribution in [3.63, 3.8) is 0 Å². The van der Waals surface area contributed by atoms with E-state index in [4.69, 9.17) is 4.74 Å². The molecule has 0 saturated carbocycles. The smallest absolute Gasteiger partial charge is 0.407 e. The van der Waals surface area contributed by atoms with Gasteiger partial charge in [0.15, 0.2) is 0 Å². The summed E-state index contributed by atoms with van der Waals surface area (Å²) in [4.78, 5) is 37.4. The van der Waals surface area contributed by atoms with Crippen molar-refractivity contribution in [2.24, 2.45) is 16.8 Å². The van der Waals surface area contributed by atoms with Crippen molar-refractivity contribution in [2.75, 3.05) is 33.2 Å². The molecule has 3 aliphatic rings. The number of amides is 2. The number of aliphatic hydroxyl groups excluding tert-OH is 1. The summed E-state index contributed by atoms with van der Waals surface area (Å²) in [6.45, 7) is 5.48. The van der Waals surface area contributed by atoms with E-state index in [-0.39, 0.29) is 55.2 Å². The number of piperidine rings is 1. The molecule has 3 heterocycles. The summed E-state index contributed by atoms with van der Waals surface area (Å²) in [6.07, 6.45) is 6.56. The summed E-state index contributed by atoms with van der Waals surface area (Å²) in [5.41, 5.74) is 3.82. The van der Waals surface area contributed by atoms with Crippen molar-refractivity contribution in [1.82, 2.24) is 24.8 Å². The number of fused-ring (bicyclic) bond motifs is 1. The summed E-state index contributed by atoms with van der Waals surface area (Å²) in [5, 5.41) is 17.2. The van der Waals surface area contributed by atoms with Crippen LogP contribution in [0.2, 0.25) is 0 Å². The standard InChI is InChI=1S/C34H44N6O6S2/c1-23(2)19-40(20-31(41)30(15-24-7-5-4-6-8-24)37-34(43)46-21-27-18-35-22-47-27)48(44,45)28-10-9-26-16-32(36-29(26)17-28)38-33(42)25-11-13-39(3)14-12-25/h4-10,16,18,22-23,25,30-31,41H,11-15,17,19-21H2,1-3H3,(H,37,43)(H,38,42). The number of ether oxygens (including phenoxy) is 1. The van der Waals surface area contributed by atoms with Crippen LogP contribution in [0, 0.1) is 11.8 Å². The van der Waals surface area contributed by atoms with Crippen molar-refractivity contribution in [2.45, 2.75) is 58.3 Å². The fourth-order valence-corrected chi connectivity index (χ4v) is 8.12. The molecule has 0 bridgehead atoms. The fraction of sp³-hybridized carbons (Fsp3) is 0.471. The molecule has 2 atom stereocenters. The Labute approximate surface area is 286 Å². The van der Waals surface area contributed by atoms with Crippen LogP contribution in [-0.2, 0) is 32.6 Å². The van der Waals surface area contributed by atoms with E-state index in [9.17, 15) is 23.1 Å². The molecule has 2 aliphatic heterocycles. The molecule has 1 fully saturated rings. The van der Waals surface area contributed by atoms with E-state index in [0.717, 1.165) is 41.9 Å². The third kappa shape index (κ3) is 9.47. The van der Waals surface area contributed by atoms with Gasteiger partial charge in [0, 0.05) is 37.2 Å². The Balaban J connectivity index is 1.27. The number of hydrogen-bond acceptors (Lipinski definition) is 10. The molecule has 258 valence electrons. The predicted octanol–water partition coefficient (Wildman–Crippen LogP) is 3.60. The monoisotopic (exact) mass is 696 g/mol. The zero-order valence-corrected chi connectivity index (χ0v) is 29.2. The number of alkyl carbamates (subject to hydrolysis) is 1. The van der Waals surface area contributed by atoms with Crippen molar-refractivity contribution in [1.29, 1.82) is 0 Å². The molecule has 3 N–H and O–H groups in total. The Morgan fingerprint density at radius 3 is 2.58 bits per heavy atom. The van der Waals surface area contributed by atoms with Crippen LogP contribution in [0.4, 0.5) is 4.79 Å². The number of rotatable bonds is 14. The highest BCUT2D eigenvalue weighted by atomic mass is 32.2. The SMILES string of the molecule is CC(C)CN(CC(O)C(Cc1ccccc1)NC(=O)OCc1cncs1)S(=O)(=O)C1=CC=C2C=C(NC(=O)C3CCN(C)CC3)N=C2C1. The first-order chi connectivity index (χ1) is 23.0. The summed E-state index contributed by atoms with van der Waals surface area (Å²) in [6, 6.07) is 8.52. The van der Waals surface area contributed by atoms with E-state index in [1.165, 1.54) is 15.6 Å². The van der Waals surface area contributed by atoms with E-state index in [0.29, 0.717) is 11.5 Å². The number of aliphatic imine (C=N–C) groups is 1. The van der Waals surface area contributed by atoms with Gasteiger partial charge in [-0.1, -0.05) is 50.3 Å².